The van der Waals surface area contributed by atoms with Gasteiger partial charge in [0, 0.05) is 18.7 Å². The minimum absolute atomic E-state index is 0.191. The second kappa shape index (κ2) is 8.35. The lowest BCUT2D eigenvalue weighted by Gasteiger charge is -2.19. The van der Waals surface area contributed by atoms with Gasteiger partial charge < -0.3 is 4.90 Å². The fourth-order valence-corrected chi connectivity index (χ4v) is 5.16. The number of thioether (sulfide) groups is 1. The molecule has 3 aromatic rings. The van der Waals surface area contributed by atoms with Gasteiger partial charge in [-0.2, -0.15) is 0 Å². The van der Waals surface area contributed by atoms with E-state index in [1.54, 1.807) is 11.3 Å². The van der Waals surface area contributed by atoms with Crippen molar-refractivity contribution in [2.45, 2.75) is 37.6 Å². The van der Waals surface area contributed by atoms with Crippen molar-refractivity contribution < 1.29 is 4.79 Å². The molecule has 0 radical (unpaired) electrons. The molecule has 5 nitrogen and oxygen atoms in total. The topological polar surface area (TPSA) is 59.0 Å². The Morgan fingerprint density at radius 3 is 2.59 bits per heavy atom. The van der Waals surface area contributed by atoms with Gasteiger partial charge in [0.2, 0.25) is 5.91 Å². The zero-order valence-corrected chi connectivity index (χ0v) is 17.0. The molecule has 0 saturated carbocycles. The first-order valence-electron chi connectivity index (χ1n) is 9.32. The molecule has 3 heterocycles. The maximum absolute atomic E-state index is 12.6. The first-order valence-corrected chi connectivity index (χ1v) is 11.1. The van der Waals surface area contributed by atoms with Crippen molar-refractivity contribution in [3.05, 3.63) is 35.3 Å². The number of hydrogen-bond donors (Lipinski definition) is 0. The lowest BCUT2D eigenvalue weighted by Crippen LogP contribution is -2.33. The highest BCUT2D eigenvalue weighted by molar-refractivity contribution is 8.00. The highest BCUT2D eigenvalue weighted by atomic mass is 32.2. The fourth-order valence-electron chi connectivity index (χ4n) is 3.34. The Balaban J connectivity index is 1.57. The molecule has 0 aliphatic carbocycles. The van der Waals surface area contributed by atoms with Crippen LogP contribution in [0.3, 0.4) is 0 Å². The molecule has 1 fully saturated rings. The van der Waals surface area contributed by atoms with E-state index >= 15 is 0 Å². The van der Waals surface area contributed by atoms with Gasteiger partial charge in [-0.25, -0.2) is 4.98 Å². The standard InChI is InChI=1S/C20H22N4OS2/c1-14-21-18-19(27-14)17(15-9-5-4-6-10-15)22-23-20(18)26-13-16(25)24-11-7-2-3-8-12-24/h4-6,9-10H,2-3,7-8,11-13H2,1H3. The molecule has 0 atom stereocenters. The maximum atomic E-state index is 12.6. The summed E-state index contributed by atoms with van der Waals surface area (Å²) in [4.78, 5) is 19.3. The SMILES string of the molecule is Cc1nc2c(SCC(=O)N3CCCCCC3)nnc(-c3ccccc3)c2s1. The molecule has 4 rings (SSSR count). The molecular formula is C20H22N4OS2. The second-order valence-corrected chi connectivity index (χ2v) is 8.88. The minimum atomic E-state index is 0.191. The number of rotatable bonds is 4. The lowest BCUT2D eigenvalue weighted by atomic mass is 10.1. The quantitative estimate of drug-likeness (QED) is 0.603. The van der Waals surface area contributed by atoms with Gasteiger partial charge in [-0.15, -0.1) is 21.5 Å². The molecule has 0 unspecified atom stereocenters. The normalized spacial score (nSPS) is 15.1. The van der Waals surface area contributed by atoms with Crippen LogP contribution in [0, 0.1) is 6.92 Å². The van der Waals surface area contributed by atoms with Gasteiger partial charge in [0.1, 0.15) is 16.2 Å². The van der Waals surface area contributed by atoms with Gasteiger partial charge in [-0.1, -0.05) is 54.9 Å². The second-order valence-electron chi connectivity index (χ2n) is 6.71. The first kappa shape index (κ1) is 18.4. The van der Waals surface area contributed by atoms with Crippen LogP contribution in [-0.2, 0) is 4.79 Å². The number of thiazole rings is 1. The Labute approximate surface area is 167 Å². The number of carbonyl (C=O) groups is 1. The summed E-state index contributed by atoms with van der Waals surface area (Å²) >= 11 is 3.09. The molecule has 2 aromatic heterocycles. The predicted molar refractivity (Wildman–Crippen MR) is 111 cm³/mol. The molecule has 0 N–H and O–H groups in total. The molecule has 7 heteroatoms. The van der Waals surface area contributed by atoms with Crippen LogP contribution in [-0.4, -0.2) is 44.8 Å². The highest BCUT2D eigenvalue weighted by Gasteiger charge is 2.19. The molecule has 27 heavy (non-hydrogen) atoms. The summed E-state index contributed by atoms with van der Waals surface area (Å²) < 4.78 is 1.04. The van der Waals surface area contributed by atoms with Crippen LogP contribution in [0.4, 0.5) is 0 Å². The summed E-state index contributed by atoms with van der Waals surface area (Å²) in [5, 5.41) is 10.6. The average molecular weight is 399 g/mol. The Morgan fingerprint density at radius 1 is 1.11 bits per heavy atom. The van der Waals surface area contributed by atoms with Crippen molar-refractivity contribution in [3.8, 4) is 11.3 Å². The molecular weight excluding hydrogens is 376 g/mol. The van der Waals surface area contributed by atoms with E-state index in [-0.39, 0.29) is 5.91 Å². The average Bonchev–Trinajstić information content (AvgIpc) is 2.91. The molecule has 1 aromatic carbocycles. The number of carbonyl (C=O) groups excluding carboxylic acids is 1. The predicted octanol–water partition coefficient (Wildman–Crippen LogP) is 4.56. The van der Waals surface area contributed by atoms with E-state index in [4.69, 9.17) is 0 Å². The van der Waals surface area contributed by atoms with Gasteiger partial charge in [0.15, 0.2) is 0 Å². The zero-order chi connectivity index (χ0) is 18.6. The van der Waals surface area contributed by atoms with Crippen molar-refractivity contribution in [1.29, 1.82) is 0 Å². The van der Waals surface area contributed by atoms with E-state index in [0.29, 0.717) is 5.75 Å². The van der Waals surface area contributed by atoms with Crippen LogP contribution in [0.25, 0.3) is 21.5 Å². The third-order valence-electron chi connectivity index (χ3n) is 4.73. The van der Waals surface area contributed by atoms with Crippen molar-refractivity contribution in [2.75, 3.05) is 18.8 Å². The van der Waals surface area contributed by atoms with E-state index in [9.17, 15) is 4.79 Å². The van der Waals surface area contributed by atoms with Crippen molar-refractivity contribution in [3.63, 3.8) is 0 Å². The Morgan fingerprint density at radius 2 is 1.85 bits per heavy atom. The van der Waals surface area contributed by atoms with Crippen LogP contribution in [0.1, 0.15) is 30.7 Å². The van der Waals surface area contributed by atoms with Crippen LogP contribution in [0.5, 0.6) is 0 Å². The summed E-state index contributed by atoms with van der Waals surface area (Å²) in [7, 11) is 0. The Kier molecular flexibility index (Phi) is 5.69. The summed E-state index contributed by atoms with van der Waals surface area (Å²) in [5.74, 6) is 0.585. The lowest BCUT2D eigenvalue weighted by molar-refractivity contribution is -0.128. The fraction of sp³-hybridized carbons (Fsp3) is 0.400. The number of hydrogen-bond acceptors (Lipinski definition) is 6. The van der Waals surface area contributed by atoms with Crippen LogP contribution < -0.4 is 0 Å². The van der Waals surface area contributed by atoms with Crippen LogP contribution >= 0.6 is 23.1 Å². The van der Waals surface area contributed by atoms with E-state index in [2.05, 4.69) is 15.2 Å². The number of benzene rings is 1. The number of nitrogens with zero attached hydrogens (tertiary/aromatic N) is 4. The molecule has 1 aliphatic rings. The van der Waals surface area contributed by atoms with Crippen molar-refractivity contribution >= 4 is 39.2 Å². The Bertz CT molecular complexity index is 934. The Hall–Kier alpha value is -1.99. The number of aromatic nitrogens is 3. The zero-order valence-electron chi connectivity index (χ0n) is 15.4. The summed E-state index contributed by atoms with van der Waals surface area (Å²) in [5.41, 5.74) is 2.76. The number of likely N-dealkylation sites (tertiary alicyclic amines) is 1. The molecule has 140 valence electrons. The van der Waals surface area contributed by atoms with Crippen LogP contribution in [0.15, 0.2) is 35.4 Å². The number of amides is 1. The highest BCUT2D eigenvalue weighted by Crippen LogP contribution is 2.35. The monoisotopic (exact) mass is 398 g/mol. The van der Waals surface area contributed by atoms with Gasteiger partial charge in [-0.05, 0) is 19.8 Å². The van der Waals surface area contributed by atoms with E-state index in [1.165, 1.54) is 24.6 Å². The van der Waals surface area contributed by atoms with Gasteiger partial charge in [0.25, 0.3) is 0 Å². The molecule has 0 bridgehead atoms. The smallest absolute Gasteiger partial charge is 0.232 e. The summed E-state index contributed by atoms with van der Waals surface area (Å²) in [6.45, 7) is 3.75. The number of fused-ring (bicyclic) bond motifs is 1. The minimum Gasteiger partial charge on any atom is -0.342 e. The maximum Gasteiger partial charge on any atom is 0.232 e. The first-order chi connectivity index (χ1) is 13.2. The van der Waals surface area contributed by atoms with E-state index in [1.807, 2.05) is 42.2 Å². The van der Waals surface area contributed by atoms with Gasteiger partial charge in [-0.3, -0.25) is 4.79 Å². The van der Waals surface area contributed by atoms with Crippen molar-refractivity contribution in [1.82, 2.24) is 20.1 Å². The third-order valence-corrected chi connectivity index (χ3v) is 6.65. The van der Waals surface area contributed by atoms with E-state index in [0.717, 1.165) is 57.4 Å². The van der Waals surface area contributed by atoms with Crippen molar-refractivity contribution in [2.24, 2.45) is 0 Å². The molecule has 0 spiro atoms. The molecule has 1 amide bonds. The van der Waals surface area contributed by atoms with Crippen LogP contribution in [0.2, 0.25) is 0 Å². The van der Waals surface area contributed by atoms with Gasteiger partial charge >= 0.3 is 0 Å². The largest absolute Gasteiger partial charge is 0.342 e. The van der Waals surface area contributed by atoms with Gasteiger partial charge in [0.05, 0.1) is 15.5 Å². The van der Waals surface area contributed by atoms with E-state index < -0.39 is 0 Å². The summed E-state index contributed by atoms with van der Waals surface area (Å²) in [6.07, 6.45) is 4.67. The third kappa shape index (κ3) is 4.14. The molecule has 1 saturated heterocycles. The molecule has 1 aliphatic heterocycles. The number of aryl methyl sites for hydroxylation is 1. The summed E-state index contributed by atoms with van der Waals surface area (Å²) in [6, 6.07) is 10.1.